The number of carboxylic acids is 1. The molecule has 0 aliphatic heterocycles. The van der Waals surface area contributed by atoms with E-state index in [1.807, 2.05) is 0 Å². The fraction of sp³-hybridized carbons (Fsp3) is 0.905. The molecule has 0 radical (unpaired) electrons. The number of unbranched alkanes of at least 4 members (excludes halogenated alkanes) is 27. The first kappa shape index (κ1) is 44.7. The van der Waals surface area contributed by atoms with Crippen molar-refractivity contribution in [3.05, 3.63) is 12.2 Å². The molecule has 272 valence electrons. The number of carboxylic acid groups (broad SMARTS) is 1. The SMILES string of the molecule is CCCCCCCC/C=C\CCCCCCCC(=O)OC(CCCCCCCCCCCCC)CCCCCCCCCC(=O)O. The van der Waals surface area contributed by atoms with Gasteiger partial charge in [-0.1, -0.05) is 174 Å². The molecule has 0 heterocycles. The molecule has 0 saturated carbocycles. The van der Waals surface area contributed by atoms with Crippen LogP contribution < -0.4 is 0 Å². The summed E-state index contributed by atoms with van der Waals surface area (Å²) in [6, 6.07) is 0. The summed E-state index contributed by atoms with van der Waals surface area (Å²) >= 11 is 0. The lowest BCUT2D eigenvalue weighted by Gasteiger charge is -2.18. The third-order valence-corrected chi connectivity index (χ3v) is 9.49. The second kappa shape index (κ2) is 38.1. The van der Waals surface area contributed by atoms with Crippen molar-refractivity contribution >= 4 is 11.9 Å². The third kappa shape index (κ3) is 37.1. The lowest BCUT2D eigenvalue weighted by atomic mass is 10.0. The van der Waals surface area contributed by atoms with Gasteiger partial charge in [-0.15, -0.1) is 0 Å². The highest BCUT2D eigenvalue weighted by Crippen LogP contribution is 2.19. The predicted molar refractivity (Wildman–Crippen MR) is 200 cm³/mol. The topological polar surface area (TPSA) is 63.6 Å². The number of carbonyl (C=O) groups excluding carboxylic acids is 1. The van der Waals surface area contributed by atoms with Gasteiger partial charge in [-0.2, -0.15) is 0 Å². The van der Waals surface area contributed by atoms with E-state index in [9.17, 15) is 9.59 Å². The fourth-order valence-electron chi connectivity index (χ4n) is 6.42. The molecule has 0 amide bonds. The van der Waals surface area contributed by atoms with Crippen LogP contribution in [0, 0.1) is 0 Å². The fourth-order valence-corrected chi connectivity index (χ4v) is 6.42. The van der Waals surface area contributed by atoms with E-state index in [0.29, 0.717) is 12.8 Å². The summed E-state index contributed by atoms with van der Waals surface area (Å²) in [5.41, 5.74) is 0. The first-order valence-electron chi connectivity index (χ1n) is 20.7. The van der Waals surface area contributed by atoms with Crippen molar-refractivity contribution in [1.82, 2.24) is 0 Å². The van der Waals surface area contributed by atoms with Crippen molar-refractivity contribution in [3.8, 4) is 0 Å². The quantitative estimate of drug-likeness (QED) is 0.0411. The Morgan fingerprint density at radius 2 is 0.783 bits per heavy atom. The molecule has 0 saturated heterocycles. The molecule has 0 aliphatic carbocycles. The van der Waals surface area contributed by atoms with Gasteiger partial charge in [0, 0.05) is 12.8 Å². The number of carbonyl (C=O) groups is 2. The van der Waals surface area contributed by atoms with Gasteiger partial charge < -0.3 is 9.84 Å². The number of ether oxygens (including phenoxy) is 1. The first-order valence-corrected chi connectivity index (χ1v) is 20.7. The molecule has 0 aromatic rings. The Morgan fingerprint density at radius 1 is 0.457 bits per heavy atom. The Labute approximate surface area is 287 Å². The second-order valence-electron chi connectivity index (χ2n) is 14.2. The molecule has 0 rings (SSSR count). The largest absolute Gasteiger partial charge is 0.481 e. The Balaban J connectivity index is 4.06. The van der Waals surface area contributed by atoms with Crippen LogP contribution in [0.5, 0.6) is 0 Å². The summed E-state index contributed by atoms with van der Waals surface area (Å²) in [6.45, 7) is 4.55. The minimum atomic E-state index is -0.685. The highest BCUT2D eigenvalue weighted by molar-refractivity contribution is 5.69. The van der Waals surface area contributed by atoms with Gasteiger partial charge in [-0.25, -0.2) is 0 Å². The van der Waals surface area contributed by atoms with Crippen molar-refractivity contribution in [2.24, 2.45) is 0 Å². The molecule has 0 aromatic heterocycles. The summed E-state index contributed by atoms with van der Waals surface area (Å²) in [4.78, 5) is 23.4. The monoisotopic (exact) mass is 649 g/mol. The molecule has 46 heavy (non-hydrogen) atoms. The Kier molecular flexibility index (Phi) is 37.0. The van der Waals surface area contributed by atoms with Crippen molar-refractivity contribution in [2.45, 2.75) is 245 Å². The molecular formula is C42H80O4. The van der Waals surface area contributed by atoms with Gasteiger partial charge in [0.15, 0.2) is 0 Å². The van der Waals surface area contributed by atoms with Crippen LogP contribution in [0.2, 0.25) is 0 Å². The highest BCUT2D eigenvalue weighted by atomic mass is 16.5. The number of hydrogen-bond donors (Lipinski definition) is 1. The van der Waals surface area contributed by atoms with E-state index < -0.39 is 5.97 Å². The van der Waals surface area contributed by atoms with Crippen LogP contribution in [0.15, 0.2) is 12.2 Å². The normalized spacial score (nSPS) is 12.2. The molecule has 1 N–H and O–H groups in total. The van der Waals surface area contributed by atoms with E-state index >= 15 is 0 Å². The Bertz CT molecular complexity index is 658. The molecule has 0 spiro atoms. The van der Waals surface area contributed by atoms with Gasteiger partial charge in [0.1, 0.15) is 6.10 Å². The number of rotatable bonds is 38. The average molecular weight is 649 g/mol. The van der Waals surface area contributed by atoms with Gasteiger partial charge in [0.25, 0.3) is 0 Å². The van der Waals surface area contributed by atoms with Crippen LogP contribution in [0.4, 0.5) is 0 Å². The number of aliphatic carboxylic acids is 1. The van der Waals surface area contributed by atoms with Crippen molar-refractivity contribution in [1.29, 1.82) is 0 Å². The van der Waals surface area contributed by atoms with Gasteiger partial charge in [-0.3, -0.25) is 9.59 Å². The van der Waals surface area contributed by atoms with E-state index in [1.54, 1.807) is 0 Å². The van der Waals surface area contributed by atoms with Crippen LogP contribution in [-0.2, 0) is 14.3 Å². The maximum Gasteiger partial charge on any atom is 0.306 e. The van der Waals surface area contributed by atoms with E-state index in [0.717, 1.165) is 51.4 Å². The van der Waals surface area contributed by atoms with Gasteiger partial charge in [-0.05, 0) is 64.2 Å². The van der Waals surface area contributed by atoms with Crippen LogP contribution in [-0.4, -0.2) is 23.1 Å². The summed E-state index contributed by atoms with van der Waals surface area (Å²) in [5.74, 6) is -0.667. The van der Waals surface area contributed by atoms with Crippen LogP contribution in [0.3, 0.4) is 0 Å². The second-order valence-corrected chi connectivity index (χ2v) is 14.2. The smallest absolute Gasteiger partial charge is 0.306 e. The maximum atomic E-state index is 12.7. The zero-order chi connectivity index (χ0) is 33.6. The molecule has 4 nitrogen and oxygen atoms in total. The predicted octanol–water partition coefficient (Wildman–Crippen LogP) is 14.2. The molecule has 4 heteroatoms. The van der Waals surface area contributed by atoms with Crippen molar-refractivity contribution < 1.29 is 19.4 Å². The lowest BCUT2D eigenvalue weighted by molar-refractivity contribution is -0.150. The number of allylic oxidation sites excluding steroid dienone is 2. The van der Waals surface area contributed by atoms with Crippen LogP contribution >= 0.6 is 0 Å². The Hall–Kier alpha value is -1.32. The molecule has 0 aliphatic rings. The van der Waals surface area contributed by atoms with Gasteiger partial charge >= 0.3 is 11.9 Å². The van der Waals surface area contributed by atoms with E-state index in [2.05, 4.69) is 26.0 Å². The standard InChI is InChI=1S/C42H80O4/c1-3-5-7-9-11-13-15-16-17-18-20-22-27-31-35-39-42(45)46-40(37-33-29-25-23-26-30-34-38-41(43)44)36-32-28-24-21-19-14-12-10-8-6-4-2/h16-17,40H,3-15,18-39H2,1-2H3,(H,43,44)/b17-16-. The van der Waals surface area contributed by atoms with Gasteiger partial charge in [0.05, 0.1) is 0 Å². The first-order chi connectivity index (χ1) is 22.6. The number of esters is 1. The van der Waals surface area contributed by atoms with E-state index in [-0.39, 0.29) is 12.1 Å². The third-order valence-electron chi connectivity index (χ3n) is 9.49. The molecule has 0 aromatic carbocycles. The molecule has 0 fully saturated rings. The zero-order valence-electron chi connectivity index (χ0n) is 31.2. The molecule has 0 bridgehead atoms. The summed E-state index contributed by atoms with van der Waals surface area (Å²) in [6.07, 6.45) is 46.6. The lowest BCUT2D eigenvalue weighted by Crippen LogP contribution is -2.18. The van der Waals surface area contributed by atoms with Crippen molar-refractivity contribution in [3.63, 3.8) is 0 Å². The maximum absolute atomic E-state index is 12.7. The van der Waals surface area contributed by atoms with E-state index in [4.69, 9.17) is 9.84 Å². The van der Waals surface area contributed by atoms with Crippen LogP contribution in [0.25, 0.3) is 0 Å². The molecular weight excluding hydrogens is 568 g/mol. The van der Waals surface area contributed by atoms with Crippen LogP contribution in [0.1, 0.15) is 239 Å². The summed E-state index contributed by atoms with van der Waals surface area (Å²) < 4.78 is 6.04. The Morgan fingerprint density at radius 3 is 1.17 bits per heavy atom. The van der Waals surface area contributed by atoms with E-state index in [1.165, 1.54) is 161 Å². The number of hydrogen-bond acceptors (Lipinski definition) is 3. The highest BCUT2D eigenvalue weighted by Gasteiger charge is 2.14. The minimum absolute atomic E-state index is 0.0177. The van der Waals surface area contributed by atoms with Crippen molar-refractivity contribution in [2.75, 3.05) is 0 Å². The molecule has 1 atom stereocenters. The molecule has 1 unspecified atom stereocenters. The summed E-state index contributed by atoms with van der Waals surface area (Å²) in [7, 11) is 0. The minimum Gasteiger partial charge on any atom is -0.481 e. The average Bonchev–Trinajstić information content (AvgIpc) is 3.04. The van der Waals surface area contributed by atoms with Gasteiger partial charge in [0.2, 0.25) is 0 Å². The zero-order valence-corrected chi connectivity index (χ0v) is 31.2. The summed E-state index contributed by atoms with van der Waals surface area (Å²) in [5, 5.41) is 8.77.